The van der Waals surface area contributed by atoms with Gasteiger partial charge in [-0.1, -0.05) is 0 Å². The number of rotatable bonds is 2. The summed E-state index contributed by atoms with van der Waals surface area (Å²) >= 11 is 0. The van der Waals surface area contributed by atoms with Crippen LogP contribution < -0.4 is 4.74 Å². The molecule has 2 rings (SSSR count). The standard InChI is InChI=1S/C9H11N3O/c1-6(2)13-9-7-5-10-4-3-8(7)11-12-9/h3-6H,1-2H3,(H,11,12). The molecule has 68 valence electrons. The number of nitrogens with zero attached hydrogens (tertiary/aromatic N) is 2. The SMILES string of the molecule is CC(C)Oc1n[nH]c2ccncc12. The van der Waals surface area contributed by atoms with Crippen molar-refractivity contribution in [1.29, 1.82) is 0 Å². The van der Waals surface area contributed by atoms with Gasteiger partial charge < -0.3 is 4.74 Å². The third-order valence-corrected chi connectivity index (χ3v) is 1.68. The molecule has 0 fully saturated rings. The van der Waals surface area contributed by atoms with E-state index in [0.29, 0.717) is 5.88 Å². The van der Waals surface area contributed by atoms with E-state index in [1.165, 1.54) is 0 Å². The molecule has 0 aliphatic rings. The minimum Gasteiger partial charge on any atom is -0.473 e. The Kier molecular flexibility index (Phi) is 1.88. The van der Waals surface area contributed by atoms with Gasteiger partial charge in [0, 0.05) is 12.4 Å². The predicted octanol–water partition coefficient (Wildman–Crippen LogP) is 1.75. The van der Waals surface area contributed by atoms with Crippen molar-refractivity contribution in [1.82, 2.24) is 15.2 Å². The minimum atomic E-state index is 0.131. The van der Waals surface area contributed by atoms with Crippen molar-refractivity contribution in [3.63, 3.8) is 0 Å². The average Bonchev–Trinajstić information content (AvgIpc) is 2.48. The zero-order valence-electron chi connectivity index (χ0n) is 7.61. The number of nitrogens with one attached hydrogen (secondary N) is 1. The first-order valence-electron chi connectivity index (χ1n) is 4.22. The Morgan fingerprint density at radius 3 is 3.08 bits per heavy atom. The van der Waals surface area contributed by atoms with Gasteiger partial charge in [-0.05, 0) is 19.9 Å². The van der Waals surface area contributed by atoms with Gasteiger partial charge >= 0.3 is 0 Å². The summed E-state index contributed by atoms with van der Waals surface area (Å²) in [6.45, 7) is 3.94. The third kappa shape index (κ3) is 1.47. The van der Waals surface area contributed by atoms with E-state index in [0.717, 1.165) is 10.9 Å². The molecule has 0 saturated heterocycles. The fourth-order valence-electron chi connectivity index (χ4n) is 1.15. The van der Waals surface area contributed by atoms with Crippen molar-refractivity contribution in [2.45, 2.75) is 20.0 Å². The molecule has 0 atom stereocenters. The molecule has 0 unspecified atom stereocenters. The Balaban J connectivity index is 2.46. The first-order valence-corrected chi connectivity index (χ1v) is 4.22. The first kappa shape index (κ1) is 8.04. The highest BCUT2D eigenvalue weighted by Crippen LogP contribution is 2.21. The molecule has 0 amide bonds. The second kappa shape index (κ2) is 3.05. The summed E-state index contributed by atoms with van der Waals surface area (Å²) in [5, 5.41) is 7.85. The monoisotopic (exact) mass is 177 g/mol. The molecule has 4 heteroatoms. The summed E-state index contributed by atoms with van der Waals surface area (Å²) in [6.07, 6.45) is 3.60. The van der Waals surface area contributed by atoms with Gasteiger partial charge in [-0.25, -0.2) is 0 Å². The Hall–Kier alpha value is -1.58. The van der Waals surface area contributed by atoms with Crippen LogP contribution in [0, 0.1) is 0 Å². The fraction of sp³-hybridized carbons (Fsp3) is 0.333. The van der Waals surface area contributed by atoms with Gasteiger partial charge in [-0.2, -0.15) is 0 Å². The molecule has 0 saturated carbocycles. The summed E-state index contributed by atoms with van der Waals surface area (Å²) in [5.41, 5.74) is 0.950. The topological polar surface area (TPSA) is 50.8 Å². The summed E-state index contributed by atoms with van der Waals surface area (Å²) in [5.74, 6) is 0.623. The minimum absolute atomic E-state index is 0.131. The number of hydrogen-bond acceptors (Lipinski definition) is 3. The summed E-state index contributed by atoms with van der Waals surface area (Å²) in [6, 6.07) is 1.87. The van der Waals surface area contributed by atoms with Crippen molar-refractivity contribution in [3.05, 3.63) is 18.5 Å². The van der Waals surface area contributed by atoms with Crippen LogP contribution in [0.15, 0.2) is 18.5 Å². The molecule has 0 radical (unpaired) electrons. The normalized spacial score (nSPS) is 11.0. The molecule has 2 aromatic heterocycles. The number of hydrogen-bond donors (Lipinski definition) is 1. The predicted molar refractivity (Wildman–Crippen MR) is 49.7 cm³/mol. The highest BCUT2D eigenvalue weighted by molar-refractivity contribution is 5.82. The van der Waals surface area contributed by atoms with Gasteiger partial charge in [-0.15, -0.1) is 5.10 Å². The van der Waals surface area contributed by atoms with E-state index in [1.807, 2.05) is 19.9 Å². The molecular formula is C9H11N3O. The molecule has 2 aromatic rings. The van der Waals surface area contributed by atoms with Crippen LogP contribution in [0.4, 0.5) is 0 Å². The second-order valence-corrected chi connectivity index (χ2v) is 3.12. The summed E-state index contributed by atoms with van der Waals surface area (Å²) < 4.78 is 5.49. The maximum atomic E-state index is 5.49. The van der Waals surface area contributed by atoms with Crippen LogP contribution in [0.5, 0.6) is 5.88 Å². The van der Waals surface area contributed by atoms with E-state index in [1.54, 1.807) is 12.4 Å². The molecule has 0 aromatic carbocycles. The zero-order valence-corrected chi connectivity index (χ0v) is 7.61. The molecule has 4 nitrogen and oxygen atoms in total. The molecule has 0 bridgehead atoms. The van der Waals surface area contributed by atoms with Gasteiger partial charge in [0.05, 0.1) is 17.0 Å². The lowest BCUT2D eigenvalue weighted by molar-refractivity contribution is 0.235. The van der Waals surface area contributed by atoms with Crippen molar-refractivity contribution in [3.8, 4) is 5.88 Å². The number of aromatic amines is 1. The van der Waals surface area contributed by atoms with E-state index in [9.17, 15) is 0 Å². The highest BCUT2D eigenvalue weighted by atomic mass is 16.5. The van der Waals surface area contributed by atoms with Crippen molar-refractivity contribution in [2.75, 3.05) is 0 Å². The number of pyridine rings is 1. The van der Waals surface area contributed by atoms with Crippen LogP contribution in [0.1, 0.15) is 13.8 Å². The largest absolute Gasteiger partial charge is 0.473 e. The molecule has 2 heterocycles. The van der Waals surface area contributed by atoms with Gasteiger partial charge in [0.25, 0.3) is 0 Å². The quantitative estimate of drug-likeness (QED) is 0.760. The average molecular weight is 177 g/mol. The van der Waals surface area contributed by atoms with E-state index in [-0.39, 0.29) is 6.10 Å². The maximum Gasteiger partial charge on any atom is 0.242 e. The van der Waals surface area contributed by atoms with E-state index in [2.05, 4.69) is 15.2 Å². The van der Waals surface area contributed by atoms with E-state index < -0.39 is 0 Å². The number of ether oxygens (including phenoxy) is 1. The Morgan fingerprint density at radius 2 is 2.31 bits per heavy atom. The zero-order chi connectivity index (χ0) is 9.26. The summed E-state index contributed by atoms with van der Waals surface area (Å²) in [4.78, 5) is 4.01. The molecule has 13 heavy (non-hydrogen) atoms. The molecule has 1 N–H and O–H groups in total. The van der Waals surface area contributed by atoms with Crippen LogP contribution in [0.3, 0.4) is 0 Å². The molecule has 0 spiro atoms. The lowest BCUT2D eigenvalue weighted by Gasteiger charge is -2.05. The smallest absolute Gasteiger partial charge is 0.242 e. The Bertz CT molecular complexity index is 408. The van der Waals surface area contributed by atoms with Crippen LogP contribution in [0.2, 0.25) is 0 Å². The number of fused-ring (bicyclic) bond motifs is 1. The van der Waals surface area contributed by atoms with Crippen molar-refractivity contribution >= 4 is 10.9 Å². The maximum absolute atomic E-state index is 5.49. The molecule has 0 aliphatic heterocycles. The van der Waals surface area contributed by atoms with E-state index in [4.69, 9.17) is 4.74 Å². The summed E-state index contributed by atoms with van der Waals surface area (Å²) in [7, 11) is 0. The van der Waals surface area contributed by atoms with E-state index >= 15 is 0 Å². The highest BCUT2D eigenvalue weighted by Gasteiger charge is 2.07. The van der Waals surface area contributed by atoms with Gasteiger partial charge in [0.15, 0.2) is 0 Å². The molecular weight excluding hydrogens is 166 g/mol. The second-order valence-electron chi connectivity index (χ2n) is 3.12. The Morgan fingerprint density at radius 1 is 1.46 bits per heavy atom. The molecule has 0 aliphatic carbocycles. The number of H-pyrrole nitrogens is 1. The number of aromatic nitrogens is 3. The van der Waals surface area contributed by atoms with Crippen molar-refractivity contribution < 1.29 is 4.74 Å². The van der Waals surface area contributed by atoms with Crippen LogP contribution in [-0.2, 0) is 0 Å². The third-order valence-electron chi connectivity index (χ3n) is 1.68. The van der Waals surface area contributed by atoms with Crippen molar-refractivity contribution in [2.24, 2.45) is 0 Å². The lowest BCUT2D eigenvalue weighted by atomic mass is 10.3. The van der Waals surface area contributed by atoms with Crippen LogP contribution >= 0.6 is 0 Å². The van der Waals surface area contributed by atoms with Crippen LogP contribution in [-0.4, -0.2) is 21.3 Å². The van der Waals surface area contributed by atoms with Gasteiger partial charge in [0.2, 0.25) is 5.88 Å². The van der Waals surface area contributed by atoms with Gasteiger partial charge in [0.1, 0.15) is 0 Å². The Labute approximate surface area is 75.9 Å². The lowest BCUT2D eigenvalue weighted by Crippen LogP contribution is -2.05. The van der Waals surface area contributed by atoms with Gasteiger partial charge in [-0.3, -0.25) is 10.1 Å². The fourth-order valence-corrected chi connectivity index (χ4v) is 1.15. The first-order chi connectivity index (χ1) is 6.27. The van der Waals surface area contributed by atoms with Crippen LogP contribution in [0.25, 0.3) is 10.9 Å².